The molecule has 4 heteroatoms. The highest BCUT2D eigenvalue weighted by Gasteiger charge is 2.51. The Hall–Kier alpha value is -1.06. The number of carbonyl (C=O) groups excluding carboxylic acids is 1. The van der Waals surface area contributed by atoms with Gasteiger partial charge >= 0.3 is 0 Å². The minimum absolute atomic E-state index is 0.0149. The van der Waals surface area contributed by atoms with Crippen molar-refractivity contribution in [3.63, 3.8) is 0 Å². The predicted molar refractivity (Wildman–Crippen MR) is 71.7 cm³/mol. The lowest BCUT2D eigenvalue weighted by molar-refractivity contribution is -0.124. The molecule has 0 saturated heterocycles. The summed E-state index contributed by atoms with van der Waals surface area (Å²) in [6.07, 6.45) is 2.46. The first-order valence-electron chi connectivity index (χ1n) is 6.30. The van der Waals surface area contributed by atoms with Crippen LogP contribution in [0.3, 0.4) is 0 Å². The van der Waals surface area contributed by atoms with Crippen LogP contribution in [-0.4, -0.2) is 23.7 Å². The molecule has 18 heavy (non-hydrogen) atoms. The van der Waals surface area contributed by atoms with E-state index in [9.17, 15) is 4.79 Å². The smallest absolute Gasteiger partial charge is 0.230 e. The number of rotatable bonds is 5. The highest BCUT2D eigenvalue weighted by Crippen LogP contribution is 2.48. The van der Waals surface area contributed by atoms with Crippen molar-refractivity contribution in [2.45, 2.75) is 37.6 Å². The summed E-state index contributed by atoms with van der Waals surface area (Å²) < 4.78 is 0. The highest BCUT2D eigenvalue weighted by molar-refractivity contribution is 6.30. The van der Waals surface area contributed by atoms with E-state index in [1.165, 1.54) is 0 Å². The van der Waals surface area contributed by atoms with Crippen LogP contribution in [-0.2, 0) is 10.2 Å². The molecule has 1 atom stereocenters. The molecule has 2 rings (SSSR count). The van der Waals surface area contributed by atoms with Gasteiger partial charge in [0.15, 0.2) is 0 Å². The molecule has 2 N–H and O–H groups in total. The molecule has 1 unspecified atom stereocenters. The van der Waals surface area contributed by atoms with Crippen LogP contribution in [0.2, 0.25) is 5.02 Å². The van der Waals surface area contributed by atoms with Gasteiger partial charge in [-0.1, -0.05) is 30.7 Å². The maximum atomic E-state index is 12.3. The van der Waals surface area contributed by atoms with Crippen LogP contribution in [0, 0.1) is 0 Å². The zero-order chi connectivity index (χ0) is 13.2. The van der Waals surface area contributed by atoms with Crippen LogP contribution in [0.5, 0.6) is 0 Å². The maximum absolute atomic E-state index is 12.3. The van der Waals surface area contributed by atoms with Crippen molar-refractivity contribution in [1.82, 2.24) is 5.32 Å². The van der Waals surface area contributed by atoms with E-state index in [-0.39, 0.29) is 18.6 Å². The molecule has 98 valence electrons. The van der Waals surface area contributed by atoms with Crippen molar-refractivity contribution in [3.05, 3.63) is 34.9 Å². The molecular weight excluding hydrogens is 250 g/mol. The van der Waals surface area contributed by atoms with E-state index >= 15 is 0 Å². The number of aliphatic hydroxyl groups is 1. The fraction of sp³-hybridized carbons (Fsp3) is 0.500. The first-order chi connectivity index (χ1) is 8.62. The average molecular weight is 268 g/mol. The van der Waals surface area contributed by atoms with Crippen molar-refractivity contribution in [2.75, 3.05) is 6.61 Å². The zero-order valence-corrected chi connectivity index (χ0v) is 11.2. The second-order valence-electron chi connectivity index (χ2n) is 4.85. The number of hydrogen-bond acceptors (Lipinski definition) is 2. The van der Waals surface area contributed by atoms with Crippen LogP contribution in [0.15, 0.2) is 24.3 Å². The molecule has 1 aliphatic carbocycles. The van der Waals surface area contributed by atoms with Gasteiger partial charge < -0.3 is 10.4 Å². The molecule has 3 nitrogen and oxygen atoms in total. The SMILES string of the molecule is CCC(CO)NC(=O)C1(c2ccc(Cl)cc2)CC1. The van der Waals surface area contributed by atoms with E-state index in [2.05, 4.69) is 5.32 Å². The van der Waals surface area contributed by atoms with Crippen LogP contribution in [0.25, 0.3) is 0 Å². The van der Waals surface area contributed by atoms with E-state index in [0.29, 0.717) is 5.02 Å². The van der Waals surface area contributed by atoms with Crippen molar-refractivity contribution in [2.24, 2.45) is 0 Å². The first-order valence-corrected chi connectivity index (χ1v) is 6.68. The molecule has 1 saturated carbocycles. The highest BCUT2D eigenvalue weighted by atomic mass is 35.5. The normalized spacial score (nSPS) is 18.2. The fourth-order valence-electron chi connectivity index (χ4n) is 2.14. The predicted octanol–water partition coefficient (Wildman–Crippen LogP) is 2.26. The Morgan fingerprint density at radius 2 is 2.06 bits per heavy atom. The van der Waals surface area contributed by atoms with Crippen LogP contribution in [0.1, 0.15) is 31.7 Å². The number of carbonyl (C=O) groups is 1. The van der Waals surface area contributed by atoms with E-state index in [0.717, 1.165) is 24.8 Å². The second kappa shape index (κ2) is 5.29. The number of halogens is 1. The van der Waals surface area contributed by atoms with Crippen molar-refractivity contribution in [1.29, 1.82) is 0 Å². The maximum Gasteiger partial charge on any atom is 0.230 e. The van der Waals surface area contributed by atoms with E-state index in [1.807, 2.05) is 31.2 Å². The Kier molecular flexibility index (Phi) is 3.93. The fourth-order valence-corrected chi connectivity index (χ4v) is 2.27. The van der Waals surface area contributed by atoms with Crippen molar-refractivity contribution >= 4 is 17.5 Å². The summed E-state index contributed by atoms with van der Waals surface area (Å²) >= 11 is 5.86. The van der Waals surface area contributed by atoms with Gasteiger partial charge in [0.25, 0.3) is 0 Å². The van der Waals surface area contributed by atoms with Gasteiger partial charge in [-0.2, -0.15) is 0 Å². The minimum Gasteiger partial charge on any atom is -0.394 e. The first kappa shape index (κ1) is 13.4. The monoisotopic (exact) mass is 267 g/mol. The van der Waals surface area contributed by atoms with E-state index in [4.69, 9.17) is 16.7 Å². The molecule has 0 radical (unpaired) electrons. The Bertz CT molecular complexity index is 422. The zero-order valence-electron chi connectivity index (χ0n) is 10.4. The molecule has 0 spiro atoms. The third-order valence-corrected chi connectivity index (χ3v) is 3.88. The Morgan fingerprint density at radius 3 is 2.50 bits per heavy atom. The number of benzene rings is 1. The van der Waals surface area contributed by atoms with Crippen molar-refractivity contribution in [3.8, 4) is 0 Å². The quantitative estimate of drug-likeness (QED) is 0.860. The molecule has 1 aromatic carbocycles. The van der Waals surface area contributed by atoms with Crippen LogP contribution >= 0.6 is 11.6 Å². The minimum atomic E-state index is -0.396. The third kappa shape index (κ3) is 2.52. The van der Waals surface area contributed by atoms with Gasteiger partial charge in [0, 0.05) is 5.02 Å². The molecule has 1 aromatic rings. The van der Waals surface area contributed by atoms with Crippen LogP contribution in [0.4, 0.5) is 0 Å². The Balaban J connectivity index is 2.11. The number of nitrogens with one attached hydrogen (secondary N) is 1. The topological polar surface area (TPSA) is 49.3 Å². The van der Waals surface area contributed by atoms with Gasteiger partial charge in [-0.05, 0) is 37.0 Å². The largest absolute Gasteiger partial charge is 0.394 e. The van der Waals surface area contributed by atoms with Gasteiger partial charge in [-0.25, -0.2) is 0 Å². The third-order valence-electron chi connectivity index (χ3n) is 3.63. The van der Waals surface area contributed by atoms with Gasteiger partial charge in [0.05, 0.1) is 18.1 Å². The summed E-state index contributed by atoms with van der Waals surface area (Å²) in [5, 5.41) is 12.7. The molecule has 0 bridgehead atoms. The molecule has 0 aromatic heterocycles. The summed E-state index contributed by atoms with van der Waals surface area (Å²) in [5.41, 5.74) is 0.616. The number of aliphatic hydroxyl groups excluding tert-OH is 1. The Labute approximate surface area is 112 Å². The van der Waals surface area contributed by atoms with Gasteiger partial charge in [-0.15, -0.1) is 0 Å². The molecule has 1 fully saturated rings. The summed E-state index contributed by atoms with van der Waals surface area (Å²) in [6, 6.07) is 7.30. The summed E-state index contributed by atoms with van der Waals surface area (Å²) in [5.74, 6) is 0.0192. The average Bonchev–Trinajstić information content (AvgIpc) is 3.18. The summed E-state index contributed by atoms with van der Waals surface area (Å²) in [7, 11) is 0. The summed E-state index contributed by atoms with van der Waals surface area (Å²) in [4.78, 5) is 12.3. The molecule has 0 aliphatic heterocycles. The number of hydrogen-bond donors (Lipinski definition) is 2. The van der Waals surface area contributed by atoms with Crippen LogP contribution < -0.4 is 5.32 Å². The molecular formula is C14H18ClNO2. The van der Waals surface area contributed by atoms with Gasteiger partial charge in [-0.3, -0.25) is 4.79 Å². The molecule has 1 amide bonds. The van der Waals surface area contributed by atoms with Gasteiger partial charge in [0.1, 0.15) is 0 Å². The molecule has 0 heterocycles. The standard InChI is InChI=1S/C14H18ClNO2/c1-2-12(9-17)16-13(18)14(7-8-14)10-3-5-11(15)6-4-10/h3-6,12,17H,2,7-9H2,1H3,(H,16,18). The van der Waals surface area contributed by atoms with Gasteiger partial charge in [0.2, 0.25) is 5.91 Å². The number of amides is 1. The lowest BCUT2D eigenvalue weighted by Crippen LogP contribution is -2.43. The van der Waals surface area contributed by atoms with Crippen molar-refractivity contribution < 1.29 is 9.90 Å². The molecule has 1 aliphatic rings. The van der Waals surface area contributed by atoms with E-state index in [1.54, 1.807) is 0 Å². The second-order valence-corrected chi connectivity index (χ2v) is 5.29. The lowest BCUT2D eigenvalue weighted by Gasteiger charge is -2.20. The Morgan fingerprint density at radius 1 is 1.44 bits per heavy atom. The summed E-state index contributed by atoms with van der Waals surface area (Å²) in [6.45, 7) is 1.93. The van der Waals surface area contributed by atoms with E-state index < -0.39 is 5.41 Å². The lowest BCUT2D eigenvalue weighted by atomic mass is 9.94.